The number of nitrogens with zero attached hydrogens (tertiary/aromatic N) is 3. The number of hydrogen-bond acceptors (Lipinski definition) is 5. The number of benzene rings is 1. The number of ether oxygens (including phenoxy) is 1. The lowest BCUT2D eigenvalue weighted by Gasteiger charge is -2.10. The van der Waals surface area contributed by atoms with Crippen molar-refractivity contribution in [2.45, 2.75) is 0 Å². The molecule has 0 aliphatic heterocycles. The first kappa shape index (κ1) is 14.6. The maximum Gasteiger partial charge on any atom is 0.250 e. The molecule has 0 spiro atoms. The average Bonchev–Trinajstić information content (AvgIpc) is 2.44. The fourth-order valence-electron chi connectivity index (χ4n) is 1.33. The van der Waals surface area contributed by atoms with E-state index in [9.17, 15) is 0 Å². The highest BCUT2D eigenvalue weighted by Gasteiger charge is 2.14. The van der Waals surface area contributed by atoms with Gasteiger partial charge in [-0.25, -0.2) is 0 Å². The van der Waals surface area contributed by atoms with Crippen molar-refractivity contribution in [1.29, 1.82) is 0 Å². The van der Waals surface area contributed by atoms with Crippen LogP contribution >= 0.6 is 34.8 Å². The van der Waals surface area contributed by atoms with Crippen LogP contribution in [0.2, 0.25) is 15.1 Å². The van der Waals surface area contributed by atoms with Crippen molar-refractivity contribution < 1.29 is 9.94 Å². The highest BCUT2D eigenvalue weighted by atomic mass is 35.5. The molecule has 9 heteroatoms. The summed E-state index contributed by atoms with van der Waals surface area (Å²) in [4.78, 5) is 0. The topological polar surface area (TPSA) is 93.6 Å². The minimum absolute atomic E-state index is 0.0167. The lowest BCUT2D eigenvalue weighted by atomic mass is 10.3. The summed E-state index contributed by atoms with van der Waals surface area (Å²) in [5, 5.41) is 19.8. The van der Waals surface area contributed by atoms with Crippen molar-refractivity contribution in [3.63, 3.8) is 0 Å². The standard InChI is InChI=1S/C11H7Cl3N4O2/c12-6-3-8(14)9(4-7(6)13)20-11-5(10(15)18-19)1-2-16-17-11/h1-4,19H,(H2,15,18). The van der Waals surface area contributed by atoms with Gasteiger partial charge in [0, 0.05) is 6.07 Å². The molecule has 2 rings (SSSR count). The van der Waals surface area contributed by atoms with Crippen molar-refractivity contribution in [1.82, 2.24) is 10.2 Å². The highest BCUT2D eigenvalue weighted by Crippen LogP contribution is 2.36. The predicted molar refractivity (Wildman–Crippen MR) is 76.1 cm³/mol. The molecule has 0 unspecified atom stereocenters. The predicted octanol–water partition coefficient (Wildman–Crippen LogP) is 3.32. The Morgan fingerprint density at radius 2 is 1.90 bits per heavy atom. The first-order chi connectivity index (χ1) is 9.52. The van der Waals surface area contributed by atoms with E-state index in [0.29, 0.717) is 5.02 Å². The maximum atomic E-state index is 8.71. The summed E-state index contributed by atoms with van der Waals surface area (Å²) in [6.07, 6.45) is 1.37. The van der Waals surface area contributed by atoms with Crippen LogP contribution in [0, 0.1) is 0 Å². The number of hydrogen-bond donors (Lipinski definition) is 2. The highest BCUT2D eigenvalue weighted by molar-refractivity contribution is 6.43. The summed E-state index contributed by atoms with van der Waals surface area (Å²) in [5.41, 5.74) is 5.77. The quantitative estimate of drug-likeness (QED) is 0.295. The van der Waals surface area contributed by atoms with Crippen molar-refractivity contribution in [3.05, 3.63) is 45.0 Å². The molecule has 0 aliphatic carbocycles. The van der Waals surface area contributed by atoms with Crippen molar-refractivity contribution in [3.8, 4) is 11.6 Å². The first-order valence-electron chi connectivity index (χ1n) is 5.15. The summed E-state index contributed by atoms with van der Waals surface area (Å²) >= 11 is 17.7. The molecule has 20 heavy (non-hydrogen) atoms. The van der Waals surface area contributed by atoms with Gasteiger partial charge in [-0.1, -0.05) is 40.0 Å². The molecule has 0 bridgehead atoms. The molecule has 1 aromatic carbocycles. The monoisotopic (exact) mass is 332 g/mol. The van der Waals surface area contributed by atoms with Gasteiger partial charge in [-0.2, -0.15) is 5.10 Å². The summed E-state index contributed by atoms with van der Waals surface area (Å²) < 4.78 is 5.48. The van der Waals surface area contributed by atoms with E-state index in [1.165, 1.54) is 24.4 Å². The smallest absolute Gasteiger partial charge is 0.250 e. The number of halogens is 3. The summed E-state index contributed by atoms with van der Waals surface area (Å²) in [7, 11) is 0. The van der Waals surface area contributed by atoms with E-state index >= 15 is 0 Å². The van der Waals surface area contributed by atoms with Crippen LogP contribution in [0.15, 0.2) is 29.6 Å². The minimum Gasteiger partial charge on any atom is -0.435 e. The Morgan fingerprint density at radius 3 is 2.60 bits per heavy atom. The Morgan fingerprint density at radius 1 is 1.20 bits per heavy atom. The Labute approximate surface area is 128 Å². The lowest BCUT2D eigenvalue weighted by Crippen LogP contribution is -2.15. The molecule has 0 atom stereocenters. The Kier molecular flexibility index (Phi) is 4.49. The summed E-state index contributed by atoms with van der Waals surface area (Å²) in [6, 6.07) is 4.33. The lowest BCUT2D eigenvalue weighted by molar-refractivity contribution is 0.318. The second-order valence-corrected chi connectivity index (χ2v) is 4.76. The molecule has 0 saturated carbocycles. The van der Waals surface area contributed by atoms with Gasteiger partial charge < -0.3 is 15.7 Å². The second-order valence-electron chi connectivity index (χ2n) is 3.53. The molecule has 1 heterocycles. The molecule has 0 aliphatic rings. The molecule has 6 nitrogen and oxygen atoms in total. The van der Waals surface area contributed by atoms with Crippen molar-refractivity contribution >= 4 is 40.6 Å². The summed E-state index contributed by atoms with van der Waals surface area (Å²) in [6.45, 7) is 0. The molecule has 2 aromatic rings. The van der Waals surface area contributed by atoms with E-state index in [1.54, 1.807) is 0 Å². The van der Waals surface area contributed by atoms with E-state index in [4.69, 9.17) is 50.5 Å². The third-order valence-electron chi connectivity index (χ3n) is 2.25. The summed E-state index contributed by atoms with van der Waals surface area (Å²) in [5.74, 6) is 0.0581. The zero-order valence-electron chi connectivity index (χ0n) is 9.72. The number of oxime groups is 1. The second kappa shape index (κ2) is 6.13. The zero-order chi connectivity index (χ0) is 14.7. The van der Waals surface area contributed by atoms with Crippen LogP contribution in [0.5, 0.6) is 11.6 Å². The maximum absolute atomic E-state index is 8.71. The molecule has 0 amide bonds. The van der Waals surface area contributed by atoms with E-state index in [-0.39, 0.29) is 33.1 Å². The average molecular weight is 334 g/mol. The van der Waals surface area contributed by atoms with Crippen LogP contribution in [0.3, 0.4) is 0 Å². The SMILES string of the molecule is N/C(=N/O)c1ccnnc1Oc1cc(Cl)c(Cl)cc1Cl. The van der Waals surface area contributed by atoms with Crippen LogP contribution in [-0.4, -0.2) is 21.2 Å². The van der Waals surface area contributed by atoms with Gasteiger partial charge in [0.2, 0.25) is 5.88 Å². The van der Waals surface area contributed by atoms with Crippen LogP contribution in [-0.2, 0) is 0 Å². The molecule has 104 valence electrons. The Hall–Kier alpha value is -1.76. The minimum atomic E-state index is -0.175. The normalized spacial score (nSPS) is 11.4. The molecule has 0 radical (unpaired) electrons. The van der Waals surface area contributed by atoms with Crippen LogP contribution in [0.25, 0.3) is 0 Å². The molecule has 0 saturated heterocycles. The van der Waals surface area contributed by atoms with Gasteiger partial charge in [-0.15, -0.1) is 5.10 Å². The van der Waals surface area contributed by atoms with Crippen molar-refractivity contribution in [2.75, 3.05) is 0 Å². The van der Waals surface area contributed by atoms with Crippen LogP contribution in [0.4, 0.5) is 0 Å². The molecular weight excluding hydrogens is 327 g/mol. The number of amidine groups is 1. The van der Waals surface area contributed by atoms with Gasteiger partial charge in [0.15, 0.2) is 5.84 Å². The Balaban J connectivity index is 2.43. The Bertz CT molecular complexity index is 679. The first-order valence-corrected chi connectivity index (χ1v) is 6.28. The third-order valence-corrected chi connectivity index (χ3v) is 3.27. The number of aromatic nitrogens is 2. The zero-order valence-corrected chi connectivity index (χ0v) is 12.0. The van der Waals surface area contributed by atoms with E-state index in [1.807, 2.05) is 0 Å². The van der Waals surface area contributed by atoms with E-state index < -0.39 is 0 Å². The van der Waals surface area contributed by atoms with E-state index in [0.717, 1.165) is 0 Å². The van der Waals surface area contributed by atoms with E-state index in [2.05, 4.69) is 15.4 Å². The fourth-order valence-corrected chi connectivity index (χ4v) is 1.91. The van der Waals surface area contributed by atoms with Gasteiger partial charge in [0.25, 0.3) is 0 Å². The largest absolute Gasteiger partial charge is 0.435 e. The van der Waals surface area contributed by atoms with Crippen LogP contribution in [0.1, 0.15) is 5.56 Å². The molecular formula is C11H7Cl3N4O2. The molecule has 0 fully saturated rings. The van der Waals surface area contributed by atoms with Crippen LogP contribution < -0.4 is 10.5 Å². The van der Waals surface area contributed by atoms with Gasteiger partial charge in [-0.3, -0.25) is 0 Å². The van der Waals surface area contributed by atoms with Gasteiger partial charge in [-0.05, 0) is 12.1 Å². The number of rotatable bonds is 3. The van der Waals surface area contributed by atoms with Crippen molar-refractivity contribution in [2.24, 2.45) is 10.9 Å². The fraction of sp³-hybridized carbons (Fsp3) is 0. The molecule has 1 aromatic heterocycles. The molecule has 3 N–H and O–H groups in total. The van der Waals surface area contributed by atoms with Gasteiger partial charge in [0.1, 0.15) is 5.75 Å². The number of nitrogens with two attached hydrogens (primary N) is 1. The third kappa shape index (κ3) is 3.04. The van der Waals surface area contributed by atoms with Gasteiger partial charge >= 0.3 is 0 Å². The van der Waals surface area contributed by atoms with Gasteiger partial charge in [0.05, 0.1) is 26.8 Å².